The summed E-state index contributed by atoms with van der Waals surface area (Å²) in [4.78, 5) is 25.3. The predicted octanol–water partition coefficient (Wildman–Crippen LogP) is 6.06. The summed E-state index contributed by atoms with van der Waals surface area (Å²) < 4.78 is 17.4. The van der Waals surface area contributed by atoms with Crippen LogP contribution in [0.3, 0.4) is 0 Å². The fraction of sp³-hybridized carbons (Fsp3) is 0.182. The van der Waals surface area contributed by atoms with Gasteiger partial charge >= 0.3 is 0 Å². The van der Waals surface area contributed by atoms with Gasteiger partial charge in [-0.2, -0.15) is 5.10 Å². The molecule has 0 fully saturated rings. The zero-order valence-corrected chi connectivity index (χ0v) is 23.3. The number of aryl methyl sites for hydroxylation is 2. The van der Waals surface area contributed by atoms with Crippen LogP contribution in [0, 0.1) is 13.8 Å². The van der Waals surface area contributed by atoms with E-state index in [1.807, 2.05) is 75.4 Å². The molecule has 0 atom stereocenters. The molecule has 0 saturated carbocycles. The van der Waals surface area contributed by atoms with Crippen LogP contribution in [0.15, 0.2) is 96.1 Å². The first-order valence-corrected chi connectivity index (χ1v) is 13.3. The maximum atomic E-state index is 12.8. The molecule has 0 aliphatic rings. The van der Waals surface area contributed by atoms with Crippen molar-refractivity contribution in [2.75, 3.05) is 18.5 Å². The largest absolute Gasteiger partial charge is 0.490 e. The maximum absolute atomic E-state index is 12.8. The van der Waals surface area contributed by atoms with Crippen LogP contribution in [0.25, 0.3) is 0 Å². The lowest BCUT2D eigenvalue weighted by Crippen LogP contribution is -2.21. The molecular weight excluding hydrogens is 518 g/mol. The van der Waals surface area contributed by atoms with Gasteiger partial charge in [-0.3, -0.25) is 9.59 Å². The molecule has 2 N–H and O–H groups in total. The van der Waals surface area contributed by atoms with Gasteiger partial charge in [0.1, 0.15) is 12.4 Å². The molecule has 8 nitrogen and oxygen atoms in total. The molecule has 0 radical (unpaired) electrons. The summed E-state index contributed by atoms with van der Waals surface area (Å²) in [6.07, 6.45) is 1.47. The number of rotatable bonds is 12. The van der Waals surface area contributed by atoms with Crippen LogP contribution in [0.2, 0.25) is 0 Å². The monoisotopic (exact) mass is 551 g/mol. The number of hydrogen-bond donors (Lipinski definition) is 2. The minimum Gasteiger partial charge on any atom is -0.490 e. The van der Waals surface area contributed by atoms with Gasteiger partial charge in [0.2, 0.25) is 0 Å². The molecule has 0 aliphatic heterocycles. The van der Waals surface area contributed by atoms with Gasteiger partial charge in [-0.15, -0.1) is 0 Å². The van der Waals surface area contributed by atoms with E-state index >= 15 is 0 Å². The molecule has 41 heavy (non-hydrogen) atoms. The highest BCUT2D eigenvalue weighted by Gasteiger charge is 2.12. The Bertz CT molecular complexity index is 1520. The van der Waals surface area contributed by atoms with Crippen molar-refractivity contribution in [3.8, 4) is 17.2 Å². The summed E-state index contributed by atoms with van der Waals surface area (Å²) in [5.41, 5.74) is 7.36. The first kappa shape index (κ1) is 28.9. The average molecular weight is 552 g/mol. The first-order valence-electron chi connectivity index (χ1n) is 13.3. The minimum atomic E-state index is -0.414. The van der Waals surface area contributed by atoms with E-state index < -0.39 is 5.91 Å². The molecule has 4 aromatic carbocycles. The Labute approximate surface area is 240 Å². The molecule has 0 bridgehead atoms. The molecule has 4 rings (SSSR count). The predicted molar refractivity (Wildman–Crippen MR) is 160 cm³/mol. The second kappa shape index (κ2) is 14.3. The fourth-order valence-electron chi connectivity index (χ4n) is 4.00. The highest BCUT2D eigenvalue weighted by atomic mass is 16.5. The Balaban J connectivity index is 1.35. The van der Waals surface area contributed by atoms with Gasteiger partial charge in [-0.05, 0) is 68.3 Å². The second-order valence-corrected chi connectivity index (χ2v) is 9.26. The maximum Gasteiger partial charge on any atom is 0.271 e. The SMILES string of the molecule is CCOc1cc(C(=O)N/N=C/c2ccccc2OCC(=O)Nc2ccc(C)cc2C)ccc1OCc1ccccc1. The van der Waals surface area contributed by atoms with Crippen LogP contribution in [0.5, 0.6) is 17.2 Å². The molecule has 0 unspecified atom stereocenters. The molecule has 0 aromatic heterocycles. The number of benzene rings is 4. The molecule has 2 amide bonds. The van der Waals surface area contributed by atoms with E-state index in [0.29, 0.717) is 41.6 Å². The van der Waals surface area contributed by atoms with E-state index in [-0.39, 0.29) is 12.5 Å². The highest BCUT2D eigenvalue weighted by molar-refractivity contribution is 5.96. The normalized spacial score (nSPS) is 10.7. The molecule has 0 saturated heterocycles. The third-order valence-electron chi connectivity index (χ3n) is 6.05. The average Bonchev–Trinajstić information content (AvgIpc) is 2.98. The Morgan fingerprint density at radius 3 is 2.37 bits per heavy atom. The number of hydrogen-bond acceptors (Lipinski definition) is 6. The van der Waals surface area contributed by atoms with Gasteiger partial charge < -0.3 is 19.5 Å². The van der Waals surface area contributed by atoms with E-state index in [1.54, 1.807) is 36.4 Å². The Morgan fingerprint density at radius 1 is 0.805 bits per heavy atom. The summed E-state index contributed by atoms with van der Waals surface area (Å²) in [5, 5.41) is 6.95. The Morgan fingerprint density at radius 2 is 1.59 bits per heavy atom. The van der Waals surface area contributed by atoms with Crippen LogP contribution in [0.4, 0.5) is 5.69 Å². The summed E-state index contributed by atoms with van der Waals surface area (Å²) >= 11 is 0. The standard InChI is InChI=1S/C33H33N3O5/c1-4-39-31-19-26(15-17-30(31)40-21-25-10-6-5-7-11-25)33(38)36-34-20-27-12-8-9-13-29(27)41-22-32(37)35-28-16-14-23(2)18-24(28)3/h5-20H,4,21-22H2,1-3H3,(H,35,37)(H,36,38)/b34-20+. The molecule has 8 heteroatoms. The third kappa shape index (κ3) is 8.44. The number of anilines is 1. The summed E-state index contributed by atoms with van der Waals surface area (Å²) in [5.74, 6) is 0.780. The van der Waals surface area contributed by atoms with Gasteiger partial charge in [-0.25, -0.2) is 5.43 Å². The number of amides is 2. The van der Waals surface area contributed by atoms with E-state index in [0.717, 1.165) is 22.4 Å². The van der Waals surface area contributed by atoms with Crippen molar-refractivity contribution in [1.29, 1.82) is 0 Å². The number of nitrogens with zero attached hydrogens (tertiary/aromatic N) is 1. The van der Waals surface area contributed by atoms with Gasteiger partial charge in [-0.1, -0.05) is 60.2 Å². The first-order chi connectivity index (χ1) is 19.9. The minimum absolute atomic E-state index is 0.177. The van der Waals surface area contributed by atoms with Crippen LogP contribution in [0.1, 0.15) is 39.5 Å². The van der Waals surface area contributed by atoms with E-state index in [1.165, 1.54) is 6.21 Å². The lowest BCUT2D eigenvalue weighted by atomic mass is 10.1. The van der Waals surface area contributed by atoms with Gasteiger partial charge in [0.15, 0.2) is 18.1 Å². The van der Waals surface area contributed by atoms with Gasteiger partial charge in [0, 0.05) is 16.8 Å². The number of para-hydroxylation sites is 1. The molecule has 0 heterocycles. The molecular formula is C33H33N3O5. The summed E-state index contributed by atoms with van der Waals surface area (Å²) in [6.45, 7) is 6.43. The Kier molecular flexibility index (Phi) is 10.1. The van der Waals surface area contributed by atoms with E-state index in [9.17, 15) is 9.59 Å². The van der Waals surface area contributed by atoms with Crippen molar-refractivity contribution in [3.63, 3.8) is 0 Å². The van der Waals surface area contributed by atoms with Crippen molar-refractivity contribution in [2.45, 2.75) is 27.4 Å². The third-order valence-corrected chi connectivity index (χ3v) is 6.05. The van der Waals surface area contributed by atoms with Crippen molar-refractivity contribution in [3.05, 3.63) is 119 Å². The number of hydrazone groups is 1. The smallest absolute Gasteiger partial charge is 0.271 e. The molecule has 210 valence electrons. The van der Waals surface area contributed by atoms with Gasteiger partial charge in [0.25, 0.3) is 11.8 Å². The number of ether oxygens (including phenoxy) is 3. The molecule has 0 aliphatic carbocycles. The van der Waals surface area contributed by atoms with Crippen LogP contribution >= 0.6 is 0 Å². The van der Waals surface area contributed by atoms with Crippen molar-refractivity contribution in [2.24, 2.45) is 5.10 Å². The van der Waals surface area contributed by atoms with Crippen molar-refractivity contribution < 1.29 is 23.8 Å². The highest BCUT2D eigenvalue weighted by Crippen LogP contribution is 2.29. The summed E-state index contributed by atoms with van der Waals surface area (Å²) in [6, 6.07) is 27.7. The van der Waals surface area contributed by atoms with Crippen molar-refractivity contribution in [1.82, 2.24) is 5.43 Å². The van der Waals surface area contributed by atoms with E-state index in [4.69, 9.17) is 14.2 Å². The van der Waals surface area contributed by atoms with Gasteiger partial charge in [0.05, 0.1) is 12.8 Å². The molecule has 0 spiro atoms. The number of carbonyl (C=O) groups excluding carboxylic acids is 2. The van der Waals surface area contributed by atoms with Crippen LogP contribution in [-0.2, 0) is 11.4 Å². The van der Waals surface area contributed by atoms with Crippen molar-refractivity contribution >= 4 is 23.7 Å². The zero-order valence-electron chi connectivity index (χ0n) is 23.3. The van der Waals surface area contributed by atoms with Crippen LogP contribution in [-0.4, -0.2) is 31.2 Å². The molecule has 4 aromatic rings. The summed E-state index contributed by atoms with van der Waals surface area (Å²) in [7, 11) is 0. The lowest BCUT2D eigenvalue weighted by Gasteiger charge is -2.13. The second-order valence-electron chi connectivity index (χ2n) is 9.26. The lowest BCUT2D eigenvalue weighted by molar-refractivity contribution is -0.118. The Hall–Kier alpha value is -5.11. The van der Waals surface area contributed by atoms with E-state index in [2.05, 4.69) is 15.8 Å². The zero-order chi connectivity index (χ0) is 29.0. The van der Waals surface area contributed by atoms with Crippen LogP contribution < -0.4 is 25.0 Å². The fourth-order valence-corrected chi connectivity index (χ4v) is 4.00. The number of nitrogens with one attached hydrogen (secondary N) is 2. The quantitative estimate of drug-likeness (QED) is 0.165. The number of carbonyl (C=O) groups is 2. The topological polar surface area (TPSA) is 98.3 Å².